The van der Waals surface area contributed by atoms with Crippen LogP contribution in [0.15, 0.2) is 0 Å². The van der Waals surface area contributed by atoms with E-state index in [9.17, 15) is 4.79 Å². The number of methoxy groups -OCH3 is 1. The summed E-state index contributed by atoms with van der Waals surface area (Å²) in [6, 6.07) is 0. The average Bonchev–Trinajstić information content (AvgIpc) is 1.83. The largest absolute Gasteiger partial charge is 0.374 e. The minimum absolute atomic E-state index is 0.313. The smallest absolute Gasteiger partial charge is 0.148 e. The molecule has 3 heteroatoms. The van der Waals surface area contributed by atoms with Crippen molar-refractivity contribution in [3.05, 3.63) is 0 Å². The van der Waals surface area contributed by atoms with E-state index in [0.29, 0.717) is 12.3 Å². The molecule has 0 rings (SSSR count). The number of carbonyl (C=O) groups is 1. The predicted octanol–water partition coefficient (Wildman–Crippen LogP) is 0.829. The van der Waals surface area contributed by atoms with Gasteiger partial charge in [-0.05, 0) is 6.42 Å². The molecule has 0 N–H and O–H groups in total. The van der Waals surface area contributed by atoms with Crippen molar-refractivity contribution in [2.24, 2.45) is 0 Å². The van der Waals surface area contributed by atoms with E-state index < -0.39 is 0 Å². The molecule has 0 saturated heterocycles. The summed E-state index contributed by atoms with van der Waals surface area (Å²) >= 11 is 5.31. The lowest BCUT2D eigenvalue weighted by Gasteiger charge is -2.02. The summed E-state index contributed by atoms with van der Waals surface area (Å²) in [6.07, 6.45) is 1.04. The highest BCUT2D eigenvalue weighted by Gasteiger charge is 2.01. The van der Waals surface area contributed by atoms with Crippen LogP contribution in [0.3, 0.4) is 0 Å². The van der Waals surface area contributed by atoms with Gasteiger partial charge < -0.3 is 9.53 Å². The molecule has 0 saturated carbocycles. The van der Waals surface area contributed by atoms with E-state index >= 15 is 0 Å². The fourth-order valence-corrected chi connectivity index (χ4v) is 0.564. The normalized spacial score (nSPS) is 13.2. The Morgan fingerprint density at radius 2 is 2.50 bits per heavy atom. The lowest BCUT2D eigenvalue weighted by atomic mass is 10.3. The summed E-state index contributed by atoms with van der Waals surface area (Å²) in [5.74, 6) is 0.469. The van der Waals surface area contributed by atoms with E-state index in [-0.39, 0.29) is 6.10 Å². The second-order valence-electron chi connectivity index (χ2n) is 1.39. The standard InChI is InChI=1S/C5H9ClO2/c1-8-5(4-7)2-3-6/h4-5H,2-3H2,1H3. The van der Waals surface area contributed by atoms with E-state index in [4.69, 9.17) is 11.6 Å². The first-order chi connectivity index (χ1) is 3.85. The zero-order valence-corrected chi connectivity index (χ0v) is 5.52. The van der Waals surface area contributed by atoms with Gasteiger partial charge in [-0.15, -0.1) is 11.6 Å². The Labute approximate surface area is 53.8 Å². The zero-order chi connectivity index (χ0) is 6.41. The summed E-state index contributed by atoms with van der Waals surface area (Å²) in [6.45, 7) is 0. The van der Waals surface area contributed by atoms with Crippen LogP contribution in [0.2, 0.25) is 0 Å². The first-order valence-electron chi connectivity index (χ1n) is 2.39. The van der Waals surface area contributed by atoms with Gasteiger partial charge >= 0.3 is 0 Å². The molecule has 1 unspecified atom stereocenters. The van der Waals surface area contributed by atoms with E-state index in [2.05, 4.69) is 4.74 Å². The van der Waals surface area contributed by atoms with Crippen LogP contribution in [0.25, 0.3) is 0 Å². The van der Waals surface area contributed by atoms with Crippen molar-refractivity contribution in [3.8, 4) is 0 Å². The van der Waals surface area contributed by atoms with Crippen molar-refractivity contribution < 1.29 is 9.53 Å². The summed E-state index contributed by atoms with van der Waals surface area (Å²) in [4.78, 5) is 9.94. The number of hydrogen-bond donors (Lipinski definition) is 0. The van der Waals surface area contributed by atoms with Crippen LogP contribution in [0, 0.1) is 0 Å². The maximum atomic E-state index is 9.94. The van der Waals surface area contributed by atoms with Gasteiger partial charge in [0.05, 0.1) is 0 Å². The van der Waals surface area contributed by atoms with Gasteiger partial charge in [-0.25, -0.2) is 0 Å². The number of rotatable bonds is 4. The van der Waals surface area contributed by atoms with Gasteiger partial charge in [-0.3, -0.25) is 0 Å². The van der Waals surface area contributed by atoms with Crippen molar-refractivity contribution >= 4 is 17.9 Å². The highest BCUT2D eigenvalue weighted by molar-refractivity contribution is 6.17. The summed E-state index contributed by atoms with van der Waals surface area (Å²) in [5, 5.41) is 0. The van der Waals surface area contributed by atoms with Crippen molar-refractivity contribution in [3.63, 3.8) is 0 Å². The first-order valence-corrected chi connectivity index (χ1v) is 2.92. The molecule has 0 radical (unpaired) electrons. The van der Waals surface area contributed by atoms with Crippen molar-refractivity contribution in [2.75, 3.05) is 13.0 Å². The molecular weight excluding hydrogens is 128 g/mol. The lowest BCUT2D eigenvalue weighted by molar-refractivity contribution is -0.116. The molecule has 0 fully saturated rings. The van der Waals surface area contributed by atoms with Gasteiger partial charge in [-0.1, -0.05) is 0 Å². The predicted molar refractivity (Wildman–Crippen MR) is 32.2 cm³/mol. The third-order valence-corrected chi connectivity index (χ3v) is 1.07. The Bertz CT molecular complexity index is 65.4. The van der Waals surface area contributed by atoms with Crippen molar-refractivity contribution in [2.45, 2.75) is 12.5 Å². The second kappa shape index (κ2) is 5.06. The maximum absolute atomic E-state index is 9.94. The molecule has 1 atom stereocenters. The average molecular weight is 137 g/mol. The second-order valence-corrected chi connectivity index (χ2v) is 1.77. The molecule has 0 aliphatic rings. The monoisotopic (exact) mass is 136 g/mol. The van der Waals surface area contributed by atoms with E-state index in [1.807, 2.05) is 0 Å². The fraction of sp³-hybridized carbons (Fsp3) is 0.800. The summed E-state index contributed by atoms with van der Waals surface area (Å²) in [5.41, 5.74) is 0. The topological polar surface area (TPSA) is 26.3 Å². The number of ether oxygens (including phenoxy) is 1. The van der Waals surface area contributed by atoms with Crippen molar-refractivity contribution in [1.29, 1.82) is 0 Å². The molecule has 0 aromatic carbocycles. The Hall–Kier alpha value is -0.0800. The molecule has 0 amide bonds. The highest BCUT2D eigenvalue weighted by atomic mass is 35.5. The van der Waals surface area contributed by atoms with Gasteiger partial charge in [0.2, 0.25) is 0 Å². The number of aldehydes is 1. The van der Waals surface area contributed by atoms with Gasteiger partial charge in [-0.2, -0.15) is 0 Å². The van der Waals surface area contributed by atoms with Gasteiger partial charge in [0.1, 0.15) is 12.4 Å². The quantitative estimate of drug-likeness (QED) is 0.423. The molecular formula is C5H9ClO2. The minimum atomic E-state index is -0.313. The molecule has 0 aliphatic heterocycles. The SMILES string of the molecule is COC(C=O)CCCl. The maximum Gasteiger partial charge on any atom is 0.148 e. The Balaban J connectivity index is 3.21. The third kappa shape index (κ3) is 2.99. The lowest BCUT2D eigenvalue weighted by Crippen LogP contribution is -2.11. The number of hydrogen-bond acceptors (Lipinski definition) is 2. The van der Waals surface area contributed by atoms with Crippen LogP contribution in [-0.4, -0.2) is 25.4 Å². The number of halogens is 1. The molecule has 0 heterocycles. The summed E-state index contributed by atoms with van der Waals surface area (Å²) in [7, 11) is 1.49. The van der Waals surface area contributed by atoms with Crippen LogP contribution in [0.5, 0.6) is 0 Å². The molecule has 0 aromatic rings. The van der Waals surface area contributed by atoms with Crippen LogP contribution >= 0.6 is 11.6 Å². The van der Waals surface area contributed by atoms with E-state index in [0.717, 1.165) is 6.29 Å². The molecule has 0 aromatic heterocycles. The van der Waals surface area contributed by atoms with E-state index in [1.165, 1.54) is 7.11 Å². The number of carbonyl (C=O) groups excluding carboxylic acids is 1. The van der Waals surface area contributed by atoms with Crippen LogP contribution < -0.4 is 0 Å². The first kappa shape index (κ1) is 7.92. The third-order valence-electron chi connectivity index (χ3n) is 0.848. The molecule has 2 nitrogen and oxygen atoms in total. The summed E-state index contributed by atoms with van der Waals surface area (Å²) < 4.78 is 4.69. The van der Waals surface area contributed by atoms with Gasteiger partial charge in [0.25, 0.3) is 0 Å². The highest BCUT2D eigenvalue weighted by Crippen LogP contribution is 1.93. The fourth-order valence-electron chi connectivity index (χ4n) is 0.349. The Morgan fingerprint density at radius 1 is 1.88 bits per heavy atom. The molecule has 0 spiro atoms. The molecule has 8 heavy (non-hydrogen) atoms. The Kier molecular flexibility index (Phi) is 5.01. The molecule has 48 valence electrons. The van der Waals surface area contributed by atoms with Crippen LogP contribution in [-0.2, 0) is 9.53 Å². The molecule has 0 bridgehead atoms. The van der Waals surface area contributed by atoms with Gasteiger partial charge in [0, 0.05) is 13.0 Å². The number of alkyl halides is 1. The van der Waals surface area contributed by atoms with Crippen LogP contribution in [0.1, 0.15) is 6.42 Å². The van der Waals surface area contributed by atoms with Crippen LogP contribution in [0.4, 0.5) is 0 Å². The molecule has 0 aliphatic carbocycles. The van der Waals surface area contributed by atoms with Crippen molar-refractivity contribution in [1.82, 2.24) is 0 Å². The zero-order valence-electron chi connectivity index (χ0n) is 4.76. The minimum Gasteiger partial charge on any atom is -0.374 e. The Morgan fingerprint density at radius 3 is 2.62 bits per heavy atom. The van der Waals surface area contributed by atoms with Gasteiger partial charge in [0.15, 0.2) is 0 Å². The van der Waals surface area contributed by atoms with E-state index in [1.54, 1.807) is 0 Å².